The van der Waals surface area contributed by atoms with Crippen LogP contribution in [0.5, 0.6) is 5.88 Å². The number of rotatable bonds is 5. The minimum atomic E-state index is -3.89. The summed E-state index contributed by atoms with van der Waals surface area (Å²) in [7, 11) is -3.89. The lowest BCUT2D eigenvalue weighted by molar-refractivity contribution is 0.143. The van der Waals surface area contributed by atoms with Crippen molar-refractivity contribution in [2.24, 2.45) is 0 Å². The second kappa shape index (κ2) is 8.29. The second-order valence-electron chi connectivity index (χ2n) is 8.70. The fraction of sp³-hybridized carbons (Fsp3) is 0.160. The predicted octanol–water partition coefficient (Wildman–Crippen LogP) is 5.99. The van der Waals surface area contributed by atoms with Crippen molar-refractivity contribution in [2.45, 2.75) is 31.1 Å². The van der Waals surface area contributed by atoms with Gasteiger partial charge in [0.15, 0.2) is 0 Å². The molecule has 1 aromatic heterocycles. The molecule has 0 unspecified atom stereocenters. The Morgan fingerprint density at radius 2 is 1.64 bits per heavy atom. The molecular formula is C25H24N2O5S. The summed E-state index contributed by atoms with van der Waals surface area (Å²) in [5.74, 6) is 0.0315. The third-order valence-corrected chi connectivity index (χ3v) is 6.68. The maximum Gasteiger partial charge on any atom is 0.512 e. The SMILES string of the molecule is CC(C)(C)c1ccc(NS(=O)(=O)c2ccc3[nH]c(OC(=O)O)c(-c4ccccc4)c3c2)cc1. The topological polar surface area (TPSA) is 108 Å². The zero-order valence-electron chi connectivity index (χ0n) is 18.4. The summed E-state index contributed by atoms with van der Waals surface area (Å²) in [5.41, 5.74) is 3.23. The lowest BCUT2D eigenvalue weighted by Crippen LogP contribution is -2.14. The lowest BCUT2D eigenvalue weighted by Gasteiger charge is -2.19. The van der Waals surface area contributed by atoms with Crippen LogP contribution in [-0.4, -0.2) is 24.7 Å². The van der Waals surface area contributed by atoms with Crippen LogP contribution in [0.3, 0.4) is 0 Å². The minimum absolute atomic E-state index is 0.0315. The molecule has 0 aliphatic rings. The first kappa shape index (κ1) is 22.4. The lowest BCUT2D eigenvalue weighted by atomic mass is 9.87. The number of nitrogens with one attached hydrogen (secondary N) is 2. The van der Waals surface area contributed by atoms with Gasteiger partial charge in [-0.2, -0.15) is 0 Å². The molecule has 0 fully saturated rings. The molecule has 33 heavy (non-hydrogen) atoms. The van der Waals surface area contributed by atoms with E-state index in [2.05, 4.69) is 30.5 Å². The Morgan fingerprint density at radius 3 is 2.24 bits per heavy atom. The maximum atomic E-state index is 13.1. The number of H-pyrrole nitrogens is 1. The van der Waals surface area contributed by atoms with Gasteiger partial charge in [-0.15, -0.1) is 0 Å². The number of hydrogen-bond acceptors (Lipinski definition) is 4. The van der Waals surface area contributed by atoms with Gasteiger partial charge in [-0.05, 0) is 46.9 Å². The second-order valence-corrected chi connectivity index (χ2v) is 10.4. The number of carboxylic acid groups (broad SMARTS) is 1. The van der Waals surface area contributed by atoms with Crippen molar-refractivity contribution in [1.29, 1.82) is 0 Å². The summed E-state index contributed by atoms with van der Waals surface area (Å²) in [5, 5.41) is 9.66. The normalized spacial score (nSPS) is 12.0. The number of fused-ring (bicyclic) bond motifs is 1. The summed E-state index contributed by atoms with van der Waals surface area (Å²) in [6.07, 6.45) is -1.47. The Labute approximate surface area is 192 Å². The van der Waals surface area contributed by atoms with Gasteiger partial charge in [-0.1, -0.05) is 63.2 Å². The molecule has 3 aromatic carbocycles. The average Bonchev–Trinajstić information content (AvgIpc) is 3.10. The van der Waals surface area contributed by atoms with Crippen molar-refractivity contribution < 1.29 is 23.1 Å². The van der Waals surface area contributed by atoms with E-state index >= 15 is 0 Å². The van der Waals surface area contributed by atoms with Crippen LogP contribution in [0.4, 0.5) is 10.5 Å². The third-order valence-electron chi connectivity index (χ3n) is 5.30. The Morgan fingerprint density at radius 1 is 0.970 bits per heavy atom. The van der Waals surface area contributed by atoms with Gasteiger partial charge in [-0.25, -0.2) is 13.2 Å². The zero-order chi connectivity index (χ0) is 23.8. The number of aromatic amines is 1. The van der Waals surface area contributed by atoms with Gasteiger partial charge in [0.05, 0.1) is 10.5 Å². The highest BCUT2D eigenvalue weighted by Gasteiger charge is 2.21. The first-order chi connectivity index (χ1) is 15.5. The summed E-state index contributed by atoms with van der Waals surface area (Å²) in [6.45, 7) is 6.26. The van der Waals surface area contributed by atoms with Gasteiger partial charge in [-0.3, -0.25) is 4.72 Å². The van der Waals surface area contributed by atoms with Gasteiger partial charge in [0, 0.05) is 16.6 Å². The Balaban J connectivity index is 1.76. The largest absolute Gasteiger partial charge is 0.512 e. The van der Waals surface area contributed by atoms with Crippen molar-refractivity contribution in [1.82, 2.24) is 4.98 Å². The zero-order valence-corrected chi connectivity index (χ0v) is 19.2. The van der Waals surface area contributed by atoms with Crippen LogP contribution in [0.15, 0.2) is 77.7 Å². The molecule has 0 saturated carbocycles. The van der Waals surface area contributed by atoms with E-state index in [1.807, 2.05) is 30.3 Å². The molecule has 0 amide bonds. The molecular weight excluding hydrogens is 440 g/mol. The van der Waals surface area contributed by atoms with E-state index in [1.54, 1.807) is 30.3 Å². The first-order valence-electron chi connectivity index (χ1n) is 10.3. The van der Waals surface area contributed by atoms with Gasteiger partial charge in [0.25, 0.3) is 10.0 Å². The standard InChI is InChI=1S/C25H24N2O5S/c1-25(2,3)17-9-11-18(12-10-17)27-33(30,31)19-13-14-21-20(15-19)22(16-7-5-4-6-8-16)23(26-21)32-24(28)29/h4-15,26-27H,1-3H3,(H,28,29). The Hall–Kier alpha value is -3.78. The highest BCUT2D eigenvalue weighted by atomic mass is 32.2. The molecule has 0 aliphatic carbocycles. The number of anilines is 1. The van der Waals surface area contributed by atoms with Crippen LogP contribution in [-0.2, 0) is 15.4 Å². The van der Waals surface area contributed by atoms with Crippen LogP contribution in [0.1, 0.15) is 26.3 Å². The Bertz CT molecular complexity index is 1420. The summed E-state index contributed by atoms with van der Waals surface area (Å²) >= 11 is 0. The molecule has 3 N–H and O–H groups in total. The van der Waals surface area contributed by atoms with E-state index in [-0.39, 0.29) is 16.2 Å². The molecule has 170 valence electrons. The molecule has 7 nitrogen and oxygen atoms in total. The monoisotopic (exact) mass is 464 g/mol. The minimum Gasteiger partial charge on any atom is -0.449 e. The number of carbonyl (C=O) groups is 1. The number of aromatic nitrogens is 1. The van der Waals surface area contributed by atoms with Crippen LogP contribution in [0, 0.1) is 0 Å². The predicted molar refractivity (Wildman–Crippen MR) is 128 cm³/mol. The van der Waals surface area contributed by atoms with E-state index < -0.39 is 16.2 Å². The summed E-state index contributed by atoms with van der Waals surface area (Å²) in [6, 6.07) is 20.9. The van der Waals surface area contributed by atoms with Crippen LogP contribution in [0.25, 0.3) is 22.0 Å². The third kappa shape index (κ3) is 4.70. The van der Waals surface area contributed by atoms with Gasteiger partial charge in [0.2, 0.25) is 5.88 Å². The van der Waals surface area contributed by atoms with E-state index in [9.17, 15) is 13.2 Å². The molecule has 0 bridgehead atoms. The van der Waals surface area contributed by atoms with E-state index in [0.717, 1.165) is 5.56 Å². The average molecular weight is 465 g/mol. The first-order valence-corrected chi connectivity index (χ1v) is 11.8. The molecule has 0 radical (unpaired) electrons. The van der Waals surface area contributed by atoms with Crippen LogP contribution >= 0.6 is 0 Å². The van der Waals surface area contributed by atoms with Gasteiger partial charge in [0.1, 0.15) is 0 Å². The fourth-order valence-electron chi connectivity index (χ4n) is 3.62. The van der Waals surface area contributed by atoms with Gasteiger partial charge < -0.3 is 14.8 Å². The molecule has 4 aromatic rings. The van der Waals surface area contributed by atoms with Crippen molar-refractivity contribution >= 4 is 32.8 Å². The van der Waals surface area contributed by atoms with Crippen molar-refractivity contribution in [3.05, 3.63) is 78.4 Å². The van der Waals surface area contributed by atoms with Crippen molar-refractivity contribution in [2.75, 3.05) is 4.72 Å². The number of benzene rings is 3. The maximum absolute atomic E-state index is 13.1. The van der Waals surface area contributed by atoms with Gasteiger partial charge >= 0.3 is 6.16 Å². The quantitative estimate of drug-likeness (QED) is 0.314. The van der Waals surface area contributed by atoms with E-state index in [1.165, 1.54) is 12.1 Å². The van der Waals surface area contributed by atoms with Crippen molar-refractivity contribution in [3.63, 3.8) is 0 Å². The highest BCUT2D eigenvalue weighted by molar-refractivity contribution is 7.92. The summed E-state index contributed by atoms with van der Waals surface area (Å²) < 4.78 is 33.8. The molecule has 8 heteroatoms. The van der Waals surface area contributed by atoms with Crippen molar-refractivity contribution in [3.8, 4) is 17.0 Å². The van der Waals surface area contributed by atoms with Crippen LogP contribution < -0.4 is 9.46 Å². The number of hydrogen-bond donors (Lipinski definition) is 3. The molecule has 1 heterocycles. The van der Waals surface area contributed by atoms with Crippen LogP contribution in [0.2, 0.25) is 0 Å². The number of sulfonamides is 1. The smallest absolute Gasteiger partial charge is 0.449 e. The summed E-state index contributed by atoms with van der Waals surface area (Å²) in [4.78, 5) is 14.2. The molecule has 0 atom stereocenters. The number of ether oxygens (including phenoxy) is 1. The Kier molecular flexibility index (Phi) is 5.63. The molecule has 0 saturated heterocycles. The molecule has 4 rings (SSSR count). The molecule has 0 spiro atoms. The molecule has 0 aliphatic heterocycles. The fourth-order valence-corrected chi connectivity index (χ4v) is 4.71. The van der Waals surface area contributed by atoms with E-state index in [4.69, 9.17) is 9.84 Å². The van der Waals surface area contributed by atoms with E-state index in [0.29, 0.717) is 27.7 Å². The highest BCUT2D eigenvalue weighted by Crippen LogP contribution is 2.38.